The molecule has 0 aliphatic carbocycles. The van der Waals surface area contributed by atoms with Crippen molar-refractivity contribution in [2.75, 3.05) is 0 Å². The molecule has 94 valence electrons. The predicted molar refractivity (Wildman–Crippen MR) is 57.5 cm³/mol. The van der Waals surface area contributed by atoms with Crippen LogP contribution in [0, 0.1) is 13.8 Å². The van der Waals surface area contributed by atoms with Gasteiger partial charge in [-0.2, -0.15) is 18.3 Å². The molecule has 0 saturated heterocycles. The zero-order valence-electron chi connectivity index (χ0n) is 9.65. The van der Waals surface area contributed by atoms with Crippen molar-refractivity contribution < 1.29 is 13.2 Å². The van der Waals surface area contributed by atoms with E-state index >= 15 is 0 Å². The van der Waals surface area contributed by atoms with E-state index in [1.54, 1.807) is 13.8 Å². The van der Waals surface area contributed by atoms with E-state index < -0.39 is 11.7 Å². The van der Waals surface area contributed by atoms with Gasteiger partial charge in [-0.1, -0.05) is 0 Å². The molecule has 0 fully saturated rings. The van der Waals surface area contributed by atoms with E-state index in [0.29, 0.717) is 11.4 Å². The molecule has 0 aliphatic heterocycles. The Morgan fingerprint density at radius 3 is 2.22 bits per heavy atom. The average Bonchev–Trinajstić information content (AvgIpc) is 2.32. The third-order valence-electron chi connectivity index (χ3n) is 2.41. The highest BCUT2D eigenvalue weighted by Crippen LogP contribution is 2.29. The van der Waals surface area contributed by atoms with Crippen molar-refractivity contribution >= 4 is 0 Å². The van der Waals surface area contributed by atoms with Crippen LogP contribution in [0.15, 0.2) is 18.3 Å². The predicted octanol–water partition coefficient (Wildman–Crippen LogP) is 2.57. The minimum absolute atomic E-state index is 0.215. The summed E-state index contributed by atoms with van der Waals surface area (Å²) in [5.74, 6) is 0.215. The molecule has 4 nitrogen and oxygen atoms in total. The molecule has 2 rings (SSSR count). The van der Waals surface area contributed by atoms with Crippen LogP contribution >= 0.6 is 0 Å². The first-order chi connectivity index (χ1) is 8.38. The fraction of sp³-hybridized carbons (Fsp3) is 0.273. The van der Waals surface area contributed by atoms with E-state index in [1.165, 1.54) is 6.07 Å². The highest BCUT2D eigenvalue weighted by Gasteiger charge is 2.30. The number of rotatable bonds is 1. The summed E-state index contributed by atoms with van der Waals surface area (Å²) in [5.41, 5.74) is 0.800. The molecule has 0 bridgehead atoms. The van der Waals surface area contributed by atoms with Crippen molar-refractivity contribution in [1.29, 1.82) is 0 Å². The Bertz CT molecular complexity index is 563. The molecule has 0 atom stereocenters. The lowest BCUT2D eigenvalue weighted by Gasteiger charge is -2.06. The lowest BCUT2D eigenvalue weighted by Crippen LogP contribution is -2.06. The highest BCUT2D eigenvalue weighted by atomic mass is 19.4. The molecule has 2 aromatic heterocycles. The summed E-state index contributed by atoms with van der Waals surface area (Å²) < 4.78 is 37.1. The molecule has 2 aromatic rings. The van der Waals surface area contributed by atoms with E-state index in [1.807, 2.05) is 0 Å². The Kier molecular flexibility index (Phi) is 2.98. The second kappa shape index (κ2) is 4.32. The first kappa shape index (κ1) is 12.4. The van der Waals surface area contributed by atoms with E-state index in [2.05, 4.69) is 20.2 Å². The third kappa shape index (κ3) is 2.44. The monoisotopic (exact) mass is 254 g/mol. The summed E-state index contributed by atoms with van der Waals surface area (Å²) in [7, 11) is 0. The molecule has 0 saturated carbocycles. The smallest absolute Gasteiger partial charge is 0.252 e. The second-order valence-corrected chi connectivity index (χ2v) is 3.74. The van der Waals surface area contributed by atoms with Crippen molar-refractivity contribution in [3.63, 3.8) is 0 Å². The quantitative estimate of drug-likeness (QED) is 0.784. The first-order valence-electron chi connectivity index (χ1n) is 5.09. The van der Waals surface area contributed by atoms with Gasteiger partial charge in [0, 0.05) is 6.20 Å². The van der Waals surface area contributed by atoms with Crippen LogP contribution < -0.4 is 0 Å². The van der Waals surface area contributed by atoms with Crippen LogP contribution in [0.4, 0.5) is 13.2 Å². The molecular weight excluding hydrogens is 245 g/mol. The van der Waals surface area contributed by atoms with Gasteiger partial charge >= 0.3 is 6.18 Å². The van der Waals surface area contributed by atoms with Gasteiger partial charge in [0.15, 0.2) is 0 Å². The molecular formula is C11H9F3N4. The van der Waals surface area contributed by atoms with Crippen LogP contribution in [0.3, 0.4) is 0 Å². The van der Waals surface area contributed by atoms with Crippen LogP contribution in [0.1, 0.15) is 17.0 Å². The minimum atomic E-state index is -4.40. The van der Waals surface area contributed by atoms with Gasteiger partial charge < -0.3 is 0 Å². The molecule has 0 radical (unpaired) electrons. The Labute approximate surface area is 101 Å². The Balaban J connectivity index is 2.37. The van der Waals surface area contributed by atoms with Crippen LogP contribution in [0.5, 0.6) is 0 Å². The summed E-state index contributed by atoms with van der Waals surface area (Å²) in [6.45, 7) is 3.50. The van der Waals surface area contributed by atoms with Gasteiger partial charge in [0.1, 0.15) is 5.69 Å². The SMILES string of the molecule is Cc1nnc(-c2ccc(C(F)(F)F)cn2)nc1C. The summed E-state index contributed by atoms with van der Waals surface area (Å²) in [6, 6.07) is 2.18. The van der Waals surface area contributed by atoms with Crippen LogP contribution in [-0.4, -0.2) is 20.2 Å². The lowest BCUT2D eigenvalue weighted by molar-refractivity contribution is -0.137. The molecule has 0 spiro atoms. The zero-order valence-corrected chi connectivity index (χ0v) is 9.65. The first-order valence-corrected chi connectivity index (χ1v) is 5.09. The number of hydrogen-bond donors (Lipinski definition) is 0. The number of halogens is 3. The molecule has 0 aromatic carbocycles. The number of nitrogens with zero attached hydrogens (tertiary/aromatic N) is 4. The number of aryl methyl sites for hydroxylation is 2. The maximum atomic E-state index is 12.4. The number of alkyl halides is 3. The fourth-order valence-corrected chi connectivity index (χ4v) is 1.26. The molecule has 18 heavy (non-hydrogen) atoms. The maximum Gasteiger partial charge on any atom is 0.417 e. The van der Waals surface area contributed by atoms with E-state index in [0.717, 1.165) is 12.3 Å². The topological polar surface area (TPSA) is 51.6 Å². The standard InChI is InChI=1S/C11H9F3N4/c1-6-7(2)17-18-10(16-6)9-4-3-8(5-15-9)11(12,13)14/h3-5H,1-2H3. The Morgan fingerprint density at radius 1 is 1.00 bits per heavy atom. The van der Waals surface area contributed by atoms with Gasteiger partial charge in [-0.15, -0.1) is 5.10 Å². The van der Waals surface area contributed by atoms with Gasteiger partial charge in [0.25, 0.3) is 0 Å². The summed E-state index contributed by atoms with van der Waals surface area (Å²) in [5, 5.41) is 7.65. The van der Waals surface area contributed by atoms with Crippen molar-refractivity contribution in [3.05, 3.63) is 35.3 Å². The van der Waals surface area contributed by atoms with Gasteiger partial charge in [-0.05, 0) is 26.0 Å². The van der Waals surface area contributed by atoms with E-state index in [9.17, 15) is 13.2 Å². The van der Waals surface area contributed by atoms with Crippen LogP contribution in [0.25, 0.3) is 11.5 Å². The minimum Gasteiger partial charge on any atom is -0.252 e. The summed E-state index contributed by atoms with van der Waals surface area (Å²) in [6.07, 6.45) is -3.64. The molecule has 7 heteroatoms. The van der Waals surface area contributed by atoms with Crippen molar-refractivity contribution in [2.24, 2.45) is 0 Å². The molecule has 2 heterocycles. The van der Waals surface area contributed by atoms with Crippen molar-refractivity contribution in [1.82, 2.24) is 20.2 Å². The van der Waals surface area contributed by atoms with Crippen LogP contribution in [0.2, 0.25) is 0 Å². The molecule has 0 N–H and O–H groups in total. The van der Waals surface area contributed by atoms with Crippen molar-refractivity contribution in [3.8, 4) is 11.5 Å². The van der Waals surface area contributed by atoms with Crippen LogP contribution in [-0.2, 0) is 6.18 Å². The van der Waals surface area contributed by atoms with Gasteiger partial charge in [0.2, 0.25) is 5.82 Å². The van der Waals surface area contributed by atoms with Crippen molar-refractivity contribution in [2.45, 2.75) is 20.0 Å². The van der Waals surface area contributed by atoms with Gasteiger partial charge in [0.05, 0.1) is 17.0 Å². The molecule has 0 amide bonds. The van der Waals surface area contributed by atoms with E-state index in [-0.39, 0.29) is 11.5 Å². The third-order valence-corrected chi connectivity index (χ3v) is 2.41. The number of hydrogen-bond acceptors (Lipinski definition) is 4. The van der Waals surface area contributed by atoms with E-state index in [4.69, 9.17) is 0 Å². The normalized spacial score (nSPS) is 11.6. The second-order valence-electron chi connectivity index (χ2n) is 3.74. The number of aromatic nitrogens is 4. The Morgan fingerprint density at radius 2 is 1.72 bits per heavy atom. The Hall–Kier alpha value is -2.05. The lowest BCUT2D eigenvalue weighted by atomic mass is 10.2. The molecule has 0 unspecified atom stereocenters. The fourth-order valence-electron chi connectivity index (χ4n) is 1.26. The van der Waals surface area contributed by atoms with Gasteiger partial charge in [-0.3, -0.25) is 4.98 Å². The highest BCUT2D eigenvalue weighted by molar-refractivity contribution is 5.48. The maximum absolute atomic E-state index is 12.4. The number of pyridine rings is 1. The summed E-state index contributed by atoms with van der Waals surface area (Å²) in [4.78, 5) is 7.82. The average molecular weight is 254 g/mol. The van der Waals surface area contributed by atoms with Gasteiger partial charge in [-0.25, -0.2) is 4.98 Å². The molecule has 0 aliphatic rings. The zero-order chi connectivity index (χ0) is 13.3. The largest absolute Gasteiger partial charge is 0.417 e. The summed E-state index contributed by atoms with van der Waals surface area (Å²) >= 11 is 0.